The van der Waals surface area contributed by atoms with E-state index in [9.17, 15) is 4.79 Å². The minimum atomic E-state index is -1.02. The van der Waals surface area contributed by atoms with Gasteiger partial charge in [0.05, 0.1) is 12.7 Å². The van der Waals surface area contributed by atoms with E-state index in [2.05, 4.69) is 10.2 Å². The first kappa shape index (κ1) is 11.3. The van der Waals surface area contributed by atoms with E-state index in [1.165, 1.54) is 42.2 Å². The molecule has 0 saturated carbocycles. The lowest BCUT2D eigenvalue weighted by atomic mass is 10.2. The van der Waals surface area contributed by atoms with Crippen molar-refractivity contribution in [3.63, 3.8) is 0 Å². The highest BCUT2D eigenvalue weighted by Gasteiger charge is 2.11. The van der Waals surface area contributed by atoms with Gasteiger partial charge >= 0.3 is 5.97 Å². The first-order valence-corrected chi connectivity index (χ1v) is 5.44. The summed E-state index contributed by atoms with van der Waals surface area (Å²) in [6.45, 7) is 0. The van der Waals surface area contributed by atoms with Crippen LogP contribution in [0.2, 0.25) is 0 Å². The molecule has 0 fully saturated rings. The SMILES string of the molecule is COc1cc(C(=O)O)ccc1Oc1nncs1. The Labute approximate surface area is 100 Å². The van der Waals surface area contributed by atoms with Gasteiger partial charge in [-0.3, -0.25) is 0 Å². The number of nitrogens with zero attached hydrogens (tertiary/aromatic N) is 2. The lowest BCUT2D eigenvalue weighted by Crippen LogP contribution is -1.98. The minimum absolute atomic E-state index is 0.131. The van der Waals surface area contributed by atoms with Crippen molar-refractivity contribution in [1.29, 1.82) is 0 Å². The number of aromatic carboxylic acids is 1. The monoisotopic (exact) mass is 252 g/mol. The fraction of sp³-hybridized carbons (Fsp3) is 0.100. The Bertz CT molecular complexity index is 527. The van der Waals surface area contributed by atoms with Crippen LogP contribution in [-0.4, -0.2) is 28.4 Å². The third-order valence-corrected chi connectivity index (χ3v) is 2.51. The number of hydrogen-bond donors (Lipinski definition) is 1. The number of ether oxygens (including phenoxy) is 2. The van der Waals surface area contributed by atoms with Crippen LogP contribution in [0.25, 0.3) is 0 Å². The molecule has 1 N–H and O–H groups in total. The fourth-order valence-corrected chi connectivity index (χ4v) is 1.60. The Morgan fingerprint density at radius 1 is 1.41 bits per heavy atom. The second-order valence-corrected chi connectivity index (χ2v) is 3.77. The molecule has 0 spiro atoms. The van der Waals surface area contributed by atoms with Crippen LogP contribution >= 0.6 is 11.3 Å². The molecule has 0 saturated heterocycles. The Morgan fingerprint density at radius 3 is 2.82 bits per heavy atom. The summed E-state index contributed by atoms with van der Waals surface area (Å²) in [5, 5.41) is 16.5. The Kier molecular flexibility index (Phi) is 3.20. The van der Waals surface area contributed by atoms with E-state index in [1.54, 1.807) is 0 Å². The largest absolute Gasteiger partial charge is 0.493 e. The first-order valence-electron chi connectivity index (χ1n) is 4.56. The summed E-state index contributed by atoms with van der Waals surface area (Å²) in [6.07, 6.45) is 0. The van der Waals surface area contributed by atoms with Crippen LogP contribution < -0.4 is 9.47 Å². The summed E-state index contributed by atoms with van der Waals surface area (Å²) in [6, 6.07) is 4.34. The van der Waals surface area contributed by atoms with E-state index in [0.717, 1.165) is 0 Å². The molecule has 2 aromatic rings. The molecular formula is C10H8N2O4S. The van der Waals surface area contributed by atoms with Crippen LogP contribution in [0.15, 0.2) is 23.7 Å². The molecule has 0 aliphatic rings. The van der Waals surface area contributed by atoms with Gasteiger partial charge in [-0.2, -0.15) is 0 Å². The predicted octanol–water partition coefficient (Wildman–Crippen LogP) is 2.04. The van der Waals surface area contributed by atoms with Gasteiger partial charge < -0.3 is 14.6 Å². The summed E-state index contributed by atoms with van der Waals surface area (Å²) >= 11 is 1.23. The molecule has 6 nitrogen and oxygen atoms in total. The highest BCUT2D eigenvalue weighted by atomic mass is 32.1. The summed E-state index contributed by atoms with van der Waals surface area (Å²) in [7, 11) is 1.44. The molecule has 1 aromatic carbocycles. The topological polar surface area (TPSA) is 81.5 Å². The van der Waals surface area contributed by atoms with Crippen molar-refractivity contribution >= 4 is 17.3 Å². The number of hydrogen-bond acceptors (Lipinski definition) is 6. The smallest absolute Gasteiger partial charge is 0.335 e. The van der Waals surface area contributed by atoms with Crippen molar-refractivity contribution in [2.45, 2.75) is 0 Å². The van der Waals surface area contributed by atoms with Crippen LogP contribution in [-0.2, 0) is 0 Å². The highest BCUT2D eigenvalue weighted by Crippen LogP contribution is 2.32. The molecule has 1 heterocycles. The molecule has 0 amide bonds. The summed E-state index contributed by atoms with van der Waals surface area (Å²) in [5.41, 5.74) is 1.67. The van der Waals surface area contributed by atoms with Gasteiger partial charge in [0, 0.05) is 0 Å². The van der Waals surface area contributed by atoms with Crippen molar-refractivity contribution in [2.24, 2.45) is 0 Å². The van der Waals surface area contributed by atoms with Crippen molar-refractivity contribution < 1.29 is 19.4 Å². The molecule has 0 atom stereocenters. The van der Waals surface area contributed by atoms with Crippen molar-refractivity contribution in [3.05, 3.63) is 29.3 Å². The lowest BCUT2D eigenvalue weighted by molar-refractivity contribution is 0.0696. The number of rotatable bonds is 4. The maximum Gasteiger partial charge on any atom is 0.335 e. The zero-order valence-electron chi connectivity index (χ0n) is 8.78. The Morgan fingerprint density at radius 2 is 2.24 bits per heavy atom. The van der Waals surface area contributed by atoms with Gasteiger partial charge in [0.2, 0.25) is 0 Å². The van der Waals surface area contributed by atoms with Gasteiger partial charge in [-0.05, 0) is 18.2 Å². The van der Waals surface area contributed by atoms with Crippen LogP contribution in [0, 0.1) is 0 Å². The molecular weight excluding hydrogens is 244 g/mol. The van der Waals surface area contributed by atoms with E-state index >= 15 is 0 Å². The van der Waals surface area contributed by atoms with Crippen LogP contribution in [0.4, 0.5) is 0 Å². The zero-order chi connectivity index (χ0) is 12.3. The second-order valence-electron chi connectivity index (χ2n) is 2.98. The molecule has 0 radical (unpaired) electrons. The normalized spacial score (nSPS) is 9.94. The molecule has 0 bridgehead atoms. The van der Waals surface area contributed by atoms with E-state index in [1.807, 2.05) is 0 Å². The van der Waals surface area contributed by atoms with E-state index < -0.39 is 5.97 Å². The third kappa shape index (κ3) is 2.51. The molecule has 0 unspecified atom stereocenters. The lowest BCUT2D eigenvalue weighted by Gasteiger charge is -2.08. The maximum absolute atomic E-state index is 10.8. The maximum atomic E-state index is 10.8. The average Bonchev–Trinajstić information content (AvgIpc) is 2.82. The van der Waals surface area contributed by atoms with Crippen molar-refractivity contribution in [3.8, 4) is 16.7 Å². The summed E-state index contributed by atoms with van der Waals surface area (Å²) < 4.78 is 10.5. The number of aromatic nitrogens is 2. The second kappa shape index (κ2) is 4.79. The van der Waals surface area contributed by atoms with Gasteiger partial charge in [-0.1, -0.05) is 16.4 Å². The van der Waals surface area contributed by atoms with E-state index in [0.29, 0.717) is 16.7 Å². The molecule has 0 aliphatic heterocycles. The van der Waals surface area contributed by atoms with Gasteiger partial charge in [0.1, 0.15) is 5.51 Å². The van der Waals surface area contributed by atoms with Gasteiger partial charge in [-0.25, -0.2) is 4.79 Å². The van der Waals surface area contributed by atoms with E-state index in [-0.39, 0.29) is 5.56 Å². The first-order chi connectivity index (χ1) is 8.20. The highest BCUT2D eigenvalue weighted by molar-refractivity contribution is 7.11. The number of carboxylic acid groups (broad SMARTS) is 1. The Balaban J connectivity index is 2.31. The molecule has 1 aromatic heterocycles. The van der Waals surface area contributed by atoms with Crippen molar-refractivity contribution in [1.82, 2.24) is 10.2 Å². The van der Waals surface area contributed by atoms with Gasteiger partial charge in [-0.15, -0.1) is 5.10 Å². The molecule has 88 valence electrons. The molecule has 0 aliphatic carbocycles. The predicted molar refractivity (Wildman–Crippen MR) is 59.9 cm³/mol. The average molecular weight is 252 g/mol. The molecule has 7 heteroatoms. The number of benzene rings is 1. The number of carbonyl (C=O) groups is 1. The van der Waals surface area contributed by atoms with Crippen LogP contribution in [0.5, 0.6) is 16.7 Å². The summed E-state index contributed by atoms with van der Waals surface area (Å²) in [5.74, 6) is -0.292. The standard InChI is InChI=1S/C10H8N2O4S/c1-15-8-4-6(9(13)14)2-3-7(8)16-10-12-11-5-17-10/h2-5H,1H3,(H,13,14). The molecule has 17 heavy (non-hydrogen) atoms. The van der Waals surface area contributed by atoms with Crippen LogP contribution in [0.3, 0.4) is 0 Å². The van der Waals surface area contributed by atoms with Gasteiger partial charge in [0.25, 0.3) is 5.19 Å². The zero-order valence-corrected chi connectivity index (χ0v) is 9.60. The van der Waals surface area contributed by atoms with Crippen LogP contribution in [0.1, 0.15) is 10.4 Å². The van der Waals surface area contributed by atoms with E-state index in [4.69, 9.17) is 14.6 Å². The Hall–Kier alpha value is -2.15. The number of methoxy groups -OCH3 is 1. The van der Waals surface area contributed by atoms with Gasteiger partial charge in [0.15, 0.2) is 11.5 Å². The summed E-state index contributed by atoms with van der Waals surface area (Å²) in [4.78, 5) is 10.8. The number of carboxylic acids is 1. The molecule has 2 rings (SSSR count). The third-order valence-electron chi connectivity index (χ3n) is 1.95. The fourth-order valence-electron chi connectivity index (χ4n) is 1.19. The minimum Gasteiger partial charge on any atom is -0.493 e. The quantitative estimate of drug-likeness (QED) is 0.896. The van der Waals surface area contributed by atoms with Crippen molar-refractivity contribution in [2.75, 3.05) is 7.11 Å².